The summed E-state index contributed by atoms with van der Waals surface area (Å²) in [7, 11) is 0. The predicted molar refractivity (Wildman–Crippen MR) is 114 cm³/mol. The first-order valence-corrected chi connectivity index (χ1v) is 9.79. The molecule has 4 nitrogen and oxygen atoms in total. The summed E-state index contributed by atoms with van der Waals surface area (Å²) in [6.07, 6.45) is -0.688. The van der Waals surface area contributed by atoms with Crippen molar-refractivity contribution in [2.75, 3.05) is 0 Å². The quantitative estimate of drug-likeness (QED) is 0.588. The molecule has 0 saturated carbocycles. The van der Waals surface area contributed by atoms with Crippen LogP contribution in [-0.4, -0.2) is 20.2 Å². The van der Waals surface area contributed by atoms with Crippen LogP contribution in [0.3, 0.4) is 0 Å². The van der Waals surface area contributed by atoms with E-state index in [9.17, 15) is 0 Å². The number of hydrazine groups is 1. The van der Waals surface area contributed by atoms with Gasteiger partial charge in [0.2, 0.25) is 0 Å². The molecule has 2 N–H and O–H groups in total. The number of benzene rings is 2. The minimum Gasteiger partial charge on any atom is -0.336 e. The van der Waals surface area contributed by atoms with Crippen molar-refractivity contribution in [2.24, 2.45) is 0 Å². The normalized spacial score (nSPS) is 21.7. The first kappa shape index (κ1) is 18.3. The maximum atomic E-state index is 6.38. The van der Waals surface area contributed by atoms with Gasteiger partial charge in [0.05, 0.1) is 0 Å². The van der Waals surface area contributed by atoms with Crippen molar-refractivity contribution >= 4 is 81.1 Å². The molecule has 2 fully saturated rings. The average molecular weight is 464 g/mol. The van der Waals surface area contributed by atoms with Crippen LogP contribution in [0.15, 0.2) is 36.4 Å². The van der Waals surface area contributed by atoms with E-state index in [4.69, 9.17) is 70.8 Å². The molecule has 0 amide bonds. The van der Waals surface area contributed by atoms with Crippen LogP contribution < -0.4 is 10.6 Å². The molecule has 2 saturated heterocycles. The lowest BCUT2D eigenvalue weighted by Gasteiger charge is -2.27. The van der Waals surface area contributed by atoms with E-state index in [1.165, 1.54) is 0 Å². The number of nitrogens with zero attached hydrogens (tertiary/aromatic N) is 2. The zero-order valence-electron chi connectivity index (χ0n) is 12.8. The molecule has 0 unspecified atom stereocenters. The van der Waals surface area contributed by atoms with Gasteiger partial charge in [0, 0.05) is 31.2 Å². The second-order valence-electron chi connectivity index (χ2n) is 5.72. The third kappa shape index (κ3) is 2.99. The van der Waals surface area contributed by atoms with Crippen LogP contribution in [0.4, 0.5) is 0 Å². The number of fused-ring (bicyclic) bond motifs is 1. The summed E-state index contributed by atoms with van der Waals surface area (Å²) in [5.41, 5.74) is 1.63. The summed E-state index contributed by atoms with van der Waals surface area (Å²) in [6.45, 7) is 0. The Morgan fingerprint density at radius 1 is 0.692 bits per heavy atom. The van der Waals surface area contributed by atoms with Gasteiger partial charge in [-0.2, -0.15) is 0 Å². The van der Waals surface area contributed by atoms with Gasteiger partial charge in [-0.3, -0.25) is 0 Å². The molecular formula is C16H10Cl4N4S2. The third-order valence-electron chi connectivity index (χ3n) is 4.17. The van der Waals surface area contributed by atoms with E-state index in [-0.39, 0.29) is 12.3 Å². The lowest BCUT2D eigenvalue weighted by Crippen LogP contribution is -2.36. The molecule has 0 bridgehead atoms. The Morgan fingerprint density at radius 3 is 1.42 bits per heavy atom. The predicted octanol–water partition coefficient (Wildman–Crippen LogP) is 5.29. The van der Waals surface area contributed by atoms with Crippen LogP contribution in [0, 0.1) is 0 Å². The summed E-state index contributed by atoms with van der Waals surface area (Å²) < 4.78 is 0. The lowest BCUT2D eigenvalue weighted by atomic mass is 10.1. The molecule has 0 radical (unpaired) electrons. The van der Waals surface area contributed by atoms with Crippen molar-refractivity contribution in [3.8, 4) is 0 Å². The molecule has 134 valence electrons. The number of halogens is 4. The molecule has 2 aliphatic heterocycles. The minimum absolute atomic E-state index is 0.344. The largest absolute Gasteiger partial charge is 0.336 e. The fourth-order valence-corrected chi connectivity index (χ4v) is 4.67. The van der Waals surface area contributed by atoms with Crippen LogP contribution >= 0.6 is 70.8 Å². The van der Waals surface area contributed by atoms with Crippen LogP contribution in [0.25, 0.3) is 0 Å². The summed E-state index contributed by atoms with van der Waals surface area (Å²) >= 11 is 35.8. The van der Waals surface area contributed by atoms with E-state index in [1.807, 2.05) is 22.2 Å². The highest BCUT2D eigenvalue weighted by atomic mass is 35.5. The number of thiocarbonyl (C=S) groups is 2. The number of hydrogen-bond acceptors (Lipinski definition) is 2. The second-order valence-corrected chi connectivity index (χ2v) is 8.19. The Balaban J connectivity index is 1.73. The van der Waals surface area contributed by atoms with Crippen molar-refractivity contribution in [3.05, 3.63) is 67.6 Å². The number of rotatable bonds is 2. The van der Waals surface area contributed by atoms with Crippen molar-refractivity contribution in [3.63, 3.8) is 0 Å². The maximum Gasteiger partial charge on any atom is 0.192 e. The van der Waals surface area contributed by atoms with Crippen LogP contribution in [-0.2, 0) is 0 Å². The Hall–Kier alpha value is -1.02. The minimum atomic E-state index is -0.344. The molecule has 2 aromatic carbocycles. The highest BCUT2D eigenvalue weighted by molar-refractivity contribution is 7.80. The van der Waals surface area contributed by atoms with E-state index in [0.29, 0.717) is 30.3 Å². The molecule has 0 aromatic heterocycles. The molecule has 2 atom stereocenters. The monoisotopic (exact) mass is 462 g/mol. The SMILES string of the molecule is S=C1N[C@@H](c2ccc(Cl)cc2Cl)N2C(=S)N[C@@H](c3ccc(Cl)cc3Cl)N12. The molecule has 26 heavy (non-hydrogen) atoms. The Morgan fingerprint density at radius 2 is 1.08 bits per heavy atom. The van der Waals surface area contributed by atoms with Gasteiger partial charge in [0.25, 0.3) is 0 Å². The topological polar surface area (TPSA) is 30.5 Å². The first-order valence-electron chi connectivity index (χ1n) is 7.46. The van der Waals surface area contributed by atoms with Crippen LogP contribution in [0.5, 0.6) is 0 Å². The zero-order valence-corrected chi connectivity index (χ0v) is 17.5. The van der Waals surface area contributed by atoms with E-state index in [2.05, 4.69) is 10.6 Å². The Labute approximate surface area is 180 Å². The van der Waals surface area contributed by atoms with E-state index in [1.54, 1.807) is 24.3 Å². The molecular weight excluding hydrogens is 454 g/mol. The van der Waals surface area contributed by atoms with Gasteiger partial charge in [-0.15, -0.1) is 0 Å². The standard InChI is InChI=1S/C16H10Cl4N4S2/c17-7-1-3-9(11(19)5-7)13-21-15(25)24-14(22-16(26)23(13)24)10-4-2-8(18)6-12(10)20/h1-6,13-14H,(H,21,25)(H,22,26)/t13-,14-/m1/s1. The van der Waals surface area contributed by atoms with E-state index in [0.717, 1.165) is 11.1 Å². The highest BCUT2D eigenvalue weighted by Crippen LogP contribution is 2.41. The van der Waals surface area contributed by atoms with Gasteiger partial charge in [0.15, 0.2) is 22.6 Å². The third-order valence-corrected chi connectivity index (χ3v) is 5.91. The van der Waals surface area contributed by atoms with E-state index >= 15 is 0 Å². The van der Waals surface area contributed by atoms with E-state index < -0.39 is 0 Å². The molecule has 10 heteroatoms. The molecule has 2 heterocycles. The number of nitrogens with one attached hydrogen (secondary N) is 2. The molecule has 2 aliphatic rings. The van der Waals surface area contributed by atoms with Gasteiger partial charge in [-0.1, -0.05) is 58.5 Å². The van der Waals surface area contributed by atoms with Gasteiger partial charge < -0.3 is 10.6 Å². The van der Waals surface area contributed by atoms with Crippen LogP contribution in [0.1, 0.15) is 23.5 Å². The van der Waals surface area contributed by atoms with Gasteiger partial charge in [-0.05, 0) is 48.7 Å². The summed E-state index contributed by atoms with van der Waals surface area (Å²) in [5, 5.41) is 13.4. The lowest BCUT2D eigenvalue weighted by molar-refractivity contribution is 0.114. The number of hydrogen-bond donors (Lipinski definition) is 2. The van der Waals surface area contributed by atoms with Crippen molar-refractivity contribution in [1.29, 1.82) is 0 Å². The Bertz CT molecular complexity index is 863. The Kier molecular flexibility index (Phi) is 4.84. The molecule has 0 spiro atoms. The summed E-state index contributed by atoms with van der Waals surface area (Å²) in [6, 6.07) is 10.6. The smallest absolute Gasteiger partial charge is 0.192 e. The van der Waals surface area contributed by atoms with Crippen molar-refractivity contribution in [1.82, 2.24) is 20.7 Å². The second kappa shape index (κ2) is 6.86. The van der Waals surface area contributed by atoms with Gasteiger partial charge in [0.1, 0.15) is 0 Å². The maximum absolute atomic E-state index is 6.38. The highest BCUT2D eigenvalue weighted by Gasteiger charge is 2.48. The fraction of sp³-hybridized carbons (Fsp3) is 0.125. The fourth-order valence-electron chi connectivity index (χ4n) is 3.03. The first-order chi connectivity index (χ1) is 12.4. The molecule has 2 aromatic rings. The average Bonchev–Trinajstić information content (AvgIpc) is 3.07. The van der Waals surface area contributed by atoms with Gasteiger partial charge in [-0.25, -0.2) is 10.0 Å². The van der Waals surface area contributed by atoms with Gasteiger partial charge >= 0.3 is 0 Å². The molecule has 0 aliphatic carbocycles. The van der Waals surface area contributed by atoms with Crippen molar-refractivity contribution in [2.45, 2.75) is 12.3 Å². The molecule has 4 rings (SSSR count). The van der Waals surface area contributed by atoms with Crippen LogP contribution in [0.2, 0.25) is 20.1 Å². The summed E-state index contributed by atoms with van der Waals surface area (Å²) in [4.78, 5) is 0. The zero-order chi connectivity index (χ0) is 18.6. The summed E-state index contributed by atoms with van der Waals surface area (Å²) in [5.74, 6) is 0. The van der Waals surface area contributed by atoms with Crippen molar-refractivity contribution < 1.29 is 0 Å².